The first-order valence-corrected chi connectivity index (χ1v) is 7.93. The number of rotatable bonds is 6. The fourth-order valence-corrected chi connectivity index (χ4v) is 3.28. The third-order valence-electron chi connectivity index (χ3n) is 4.64. The van der Waals surface area contributed by atoms with Crippen molar-refractivity contribution in [1.82, 2.24) is 0 Å². The Labute approximate surface area is 142 Å². The van der Waals surface area contributed by atoms with Crippen molar-refractivity contribution in [2.45, 2.75) is 32.0 Å². The van der Waals surface area contributed by atoms with E-state index in [9.17, 15) is 0 Å². The summed E-state index contributed by atoms with van der Waals surface area (Å²) in [5.41, 5.74) is 0.834. The fourth-order valence-electron chi connectivity index (χ4n) is 3.28. The normalized spacial score (nSPS) is 18.3. The van der Waals surface area contributed by atoms with Crippen molar-refractivity contribution in [3.05, 3.63) is 23.8 Å². The second kappa shape index (κ2) is 6.06. The molecule has 1 heterocycles. The van der Waals surface area contributed by atoms with Crippen LogP contribution in [0, 0.1) is 0 Å². The smallest absolute Gasteiger partial charge is 0.172 e. The van der Waals surface area contributed by atoms with Crippen LogP contribution in [-0.4, -0.2) is 40.1 Å². The lowest BCUT2D eigenvalue weighted by atomic mass is 9.96. The molecule has 1 aliphatic heterocycles. The number of ether oxygens (including phenoxy) is 5. The molecule has 0 aromatic heterocycles. The van der Waals surface area contributed by atoms with Crippen LogP contribution in [0.1, 0.15) is 19.4 Å². The van der Waals surface area contributed by atoms with E-state index >= 15 is 0 Å². The van der Waals surface area contributed by atoms with Crippen molar-refractivity contribution < 1.29 is 23.7 Å². The van der Waals surface area contributed by atoms with E-state index < -0.39 is 0 Å². The monoisotopic (exact) mass is 332 g/mol. The standard InChI is InChI=1S/C19H24O5/c1-19(2)14(24-19)10-12-16(21-4)11-8-7-9-13(20-3)15(11)18(23-6)17(12)22-5/h7-9,14H,10H2,1-6H3. The Morgan fingerprint density at radius 2 is 1.54 bits per heavy atom. The van der Waals surface area contributed by atoms with Crippen molar-refractivity contribution in [3.8, 4) is 23.0 Å². The molecule has 0 saturated carbocycles. The van der Waals surface area contributed by atoms with E-state index in [-0.39, 0.29) is 11.7 Å². The SMILES string of the molecule is COc1c(CC2OC2(C)C)c(OC)c2cccc(OC)c2c1OC. The van der Waals surface area contributed by atoms with Gasteiger partial charge in [-0.1, -0.05) is 12.1 Å². The minimum absolute atomic E-state index is 0.118. The van der Waals surface area contributed by atoms with E-state index in [1.165, 1.54) is 0 Å². The predicted molar refractivity (Wildman–Crippen MR) is 92.8 cm³/mol. The van der Waals surface area contributed by atoms with Gasteiger partial charge in [0.15, 0.2) is 11.5 Å². The molecular formula is C19H24O5. The average molecular weight is 332 g/mol. The lowest BCUT2D eigenvalue weighted by molar-refractivity contribution is 0.318. The zero-order chi connectivity index (χ0) is 17.5. The molecule has 0 amide bonds. The maximum absolute atomic E-state index is 5.76. The number of hydrogen-bond acceptors (Lipinski definition) is 5. The summed E-state index contributed by atoms with van der Waals surface area (Å²) in [6.07, 6.45) is 0.830. The second-order valence-corrected chi connectivity index (χ2v) is 6.38. The molecule has 5 nitrogen and oxygen atoms in total. The van der Waals surface area contributed by atoms with Gasteiger partial charge in [-0.2, -0.15) is 0 Å². The maximum atomic E-state index is 5.76. The molecule has 1 unspecified atom stereocenters. The molecule has 1 fully saturated rings. The number of methoxy groups -OCH3 is 4. The van der Waals surface area contributed by atoms with Crippen LogP contribution < -0.4 is 18.9 Å². The maximum Gasteiger partial charge on any atom is 0.172 e. The molecule has 2 aromatic rings. The van der Waals surface area contributed by atoms with Gasteiger partial charge in [-0.05, 0) is 19.9 Å². The van der Waals surface area contributed by atoms with Crippen LogP contribution in [0.2, 0.25) is 0 Å². The third kappa shape index (κ3) is 2.53. The number of epoxide rings is 1. The van der Waals surface area contributed by atoms with E-state index in [2.05, 4.69) is 13.8 Å². The first-order valence-electron chi connectivity index (χ1n) is 7.93. The molecular weight excluding hydrogens is 308 g/mol. The molecule has 0 spiro atoms. The quantitative estimate of drug-likeness (QED) is 0.757. The zero-order valence-electron chi connectivity index (χ0n) is 15.1. The average Bonchev–Trinajstić information content (AvgIpc) is 3.19. The van der Waals surface area contributed by atoms with Gasteiger partial charge in [-0.15, -0.1) is 0 Å². The lowest BCUT2D eigenvalue weighted by Gasteiger charge is -2.20. The summed E-state index contributed by atoms with van der Waals surface area (Å²) in [7, 11) is 6.59. The highest BCUT2D eigenvalue weighted by Crippen LogP contribution is 2.51. The Morgan fingerprint density at radius 3 is 2.04 bits per heavy atom. The van der Waals surface area contributed by atoms with E-state index in [1.807, 2.05) is 18.2 Å². The highest BCUT2D eigenvalue weighted by atomic mass is 16.6. The van der Waals surface area contributed by atoms with Gasteiger partial charge in [-0.25, -0.2) is 0 Å². The fraction of sp³-hybridized carbons (Fsp3) is 0.474. The lowest BCUT2D eigenvalue weighted by Crippen LogP contribution is -2.09. The molecule has 0 bridgehead atoms. The van der Waals surface area contributed by atoms with Gasteiger partial charge in [0, 0.05) is 17.4 Å². The van der Waals surface area contributed by atoms with Crippen molar-refractivity contribution >= 4 is 10.8 Å². The van der Waals surface area contributed by atoms with Crippen LogP contribution in [0.25, 0.3) is 10.8 Å². The van der Waals surface area contributed by atoms with E-state index in [1.54, 1.807) is 28.4 Å². The third-order valence-corrected chi connectivity index (χ3v) is 4.64. The molecule has 1 aliphatic rings. The summed E-state index contributed by atoms with van der Waals surface area (Å²) in [5.74, 6) is 2.81. The van der Waals surface area contributed by atoms with E-state index in [4.69, 9.17) is 23.7 Å². The van der Waals surface area contributed by atoms with Gasteiger partial charge in [0.2, 0.25) is 0 Å². The summed E-state index contributed by atoms with van der Waals surface area (Å²) >= 11 is 0. The number of benzene rings is 2. The van der Waals surface area contributed by atoms with Crippen molar-refractivity contribution in [2.24, 2.45) is 0 Å². The summed E-state index contributed by atoms with van der Waals surface area (Å²) in [5, 5.41) is 1.78. The van der Waals surface area contributed by atoms with Crippen LogP contribution in [0.15, 0.2) is 18.2 Å². The van der Waals surface area contributed by atoms with Gasteiger partial charge in [0.05, 0.1) is 45.5 Å². The molecule has 24 heavy (non-hydrogen) atoms. The van der Waals surface area contributed by atoms with Crippen molar-refractivity contribution in [1.29, 1.82) is 0 Å². The van der Waals surface area contributed by atoms with Crippen LogP contribution in [0.4, 0.5) is 0 Å². The second-order valence-electron chi connectivity index (χ2n) is 6.38. The van der Waals surface area contributed by atoms with Crippen LogP contribution in [-0.2, 0) is 11.2 Å². The van der Waals surface area contributed by atoms with Gasteiger partial charge >= 0.3 is 0 Å². The molecule has 2 aromatic carbocycles. The number of fused-ring (bicyclic) bond motifs is 1. The Bertz CT molecular complexity index is 766. The molecule has 0 N–H and O–H groups in total. The van der Waals surface area contributed by atoms with Gasteiger partial charge in [0.1, 0.15) is 11.5 Å². The zero-order valence-corrected chi connectivity index (χ0v) is 15.1. The first kappa shape index (κ1) is 16.7. The van der Waals surface area contributed by atoms with Gasteiger partial charge in [-0.3, -0.25) is 0 Å². The summed E-state index contributed by atoms with van der Waals surface area (Å²) in [6.45, 7) is 4.16. The number of hydrogen-bond donors (Lipinski definition) is 0. The molecule has 5 heteroatoms. The molecule has 3 rings (SSSR count). The Kier molecular flexibility index (Phi) is 4.22. The van der Waals surface area contributed by atoms with Gasteiger partial charge < -0.3 is 23.7 Å². The summed E-state index contributed by atoms with van der Waals surface area (Å²) < 4.78 is 28.4. The predicted octanol–water partition coefficient (Wildman–Crippen LogP) is 3.59. The van der Waals surface area contributed by atoms with Gasteiger partial charge in [0.25, 0.3) is 0 Å². The van der Waals surface area contributed by atoms with Crippen LogP contribution in [0.5, 0.6) is 23.0 Å². The topological polar surface area (TPSA) is 49.5 Å². The summed E-state index contributed by atoms with van der Waals surface area (Å²) in [4.78, 5) is 0. The molecule has 130 valence electrons. The first-order chi connectivity index (χ1) is 11.5. The molecule has 0 aliphatic carbocycles. The van der Waals surface area contributed by atoms with Crippen molar-refractivity contribution in [2.75, 3.05) is 28.4 Å². The highest BCUT2D eigenvalue weighted by Gasteiger charge is 2.48. The minimum Gasteiger partial charge on any atom is -0.496 e. The largest absolute Gasteiger partial charge is 0.496 e. The Hall–Kier alpha value is -2.14. The highest BCUT2D eigenvalue weighted by molar-refractivity contribution is 6.01. The molecule has 1 saturated heterocycles. The van der Waals surface area contributed by atoms with Crippen LogP contribution >= 0.6 is 0 Å². The van der Waals surface area contributed by atoms with E-state index in [0.29, 0.717) is 17.9 Å². The minimum atomic E-state index is -0.118. The van der Waals surface area contributed by atoms with E-state index in [0.717, 1.165) is 27.8 Å². The molecule has 0 radical (unpaired) electrons. The van der Waals surface area contributed by atoms with Crippen molar-refractivity contribution in [3.63, 3.8) is 0 Å². The molecule has 1 atom stereocenters. The Balaban J connectivity index is 2.30. The Morgan fingerprint density at radius 1 is 0.917 bits per heavy atom. The van der Waals surface area contributed by atoms with Crippen LogP contribution in [0.3, 0.4) is 0 Å². The summed E-state index contributed by atoms with van der Waals surface area (Å²) in [6, 6.07) is 5.84.